The Balaban J connectivity index is 2.09. The molecule has 0 unspecified atom stereocenters. The maximum Gasteiger partial charge on any atom is 0.222 e. The molecule has 1 nitrogen and oxygen atoms in total. The molecule has 2 aromatic rings. The molecule has 0 aliphatic heterocycles. The van der Waals surface area contributed by atoms with Gasteiger partial charge in [-0.3, -0.25) is 4.79 Å². The normalized spacial score (nSPS) is 10.3. The lowest BCUT2D eigenvalue weighted by atomic mass is 10.2. The highest BCUT2D eigenvalue weighted by Gasteiger charge is 2.14. The zero-order chi connectivity index (χ0) is 13.0. The number of halogens is 2. The van der Waals surface area contributed by atoms with E-state index in [4.69, 9.17) is 23.2 Å². The van der Waals surface area contributed by atoms with Crippen LogP contribution in [0.15, 0.2) is 48.5 Å². The van der Waals surface area contributed by atoms with Gasteiger partial charge in [0, 0.05) is 5.75 Å². The number of thioether (sulfide) groups is 1. The van der Waals surface area contributed by atoms with E-state index in [2.05, 4.69) is 0 Å². The number of hydrogen-bond donors (Lipinski definition) is 0. The highest BCUT2D eigenvalue weighted by atomic mass is 35.5. The molecule has 0 aliphatic carbocycles. The first-order valence-corrected chi connectivity index (χ1v) is 7.07. The molecular weight excluding hydrogens is 287 g/mol. The van der Waals surface area contributed by atoms with Crippen molar-refractivity contribution in [2.45, 2.75) is 5.75 Å². The third-order valence-corrected chi connectivity index (χ3v) is 3.95. The first-order chi connectivity index (χ1) is 8.68. The van der Waals surface area contributed by atoms with Gasteiger partial charge in [-0.05, 0) is 17.7 Å². The van der Waals surface area contributed by atoms with Crippen LogP contribution >= 0.6 is 35.0 Å². The molecule has 0 N–H and O–H groups in total. The van der Waals surface area contributed by atoms with Crippen LogP contribution < -0.4 is 0 Å². The maximum absolute atomic E-state index is 12.1. The molecule has 92 valence electrons. The van der Waals surface area contributed by atoms with Crippen LogP contribution in [0.4, 0.5) is 0 Å². The minimum Gasteiger partial charge on any atom is -0.281 e. The Morgan fingerprint density at radius 3 is 2.17 bits per heavy atom. The quantitative estimate of drug-likeness (QED) is 0.787. The number of benzene rings is 2. The lowest BCUT2D eigenvalue weighted by molar-refractivity contribution is 0.108. The van der Waals surface area contributed by atoms with Gasteiger partial charge in [0.15, 0.2) is 0 Å². The first kappa shape index (κ1) is 13.5. The summed E-state index contributed by atoms with van der Waals surface area (Å²) in [6.07, 6.45) is 0. The van der Waals surface area contributed by atoms with Crippen molar-refractivity contribution in [3.8, 4) is 0 Å². The molecule has 0 saturated heterocycles. The Bertz CT molecular complexity index is 535. The van der Waals surface area contributed by atoms with Crippen LogP contribution in [0.3, 0.4) is 0 Å². The van der Waals surface area contributed by atoms with Crippen LogP contribution in [-0.4, -0.2) is 5.12 Å². The second-order valence-electron chi connectivity index (χ2n) is 3.66. The third kappa shape index (κ3) is 3.29. The predicted molar refractivity (Wildman–Crippen MR) is 78.5 cm³/mol. The minimum atomic E-state index is -0.102. The third-order valence-electron chi connectivity index (χ3n) is 2.38. The summed E-state index contributed by atoms with van der Waals surface area (Å²) in [6, 6.07) is 14.9. The highest BCUT2D eigenvalue weighted by molar-refractivity contribution is 8.13. The summed E-state index contributed by atoms with van der Waals surface area (Å²) in [5.74, 6) is 0.612. The molecule has 2 rings (SSSR count). The molecule has 0 spiro atoms. The average molecular weight is 297 g/mol. The number of carbonyl (C=O) groups excluding carboxylic acids is 1. The molecule has 0 bridgehead atoms. The van der Waals surface area contributed by atoms with E-state index < -0.39 is 0 Å². The minimum absolute atomic E-state index is 0.102. The predicted octanol–water partition coefficient (Wildman–Crippen LogP) is 5.07. The van der Waals surface area contributed by atoms with E-state index in [0.29, 0.717) is 21.4 Å². The Kier molecular flexibility index (Phi) is 4.70. The van der Waals surface area contributed by atoms with Crippen LogP contribution in [0.5, 0.6) is 0 Å². The van der Waals surface area contributed by atoms with Crippen LogP contribution in [0.2, 0.25) is 10.0 Å². The molecule has 0 radical (unpaired) electrons. The topological polar surface area (TPSA) is 17.1 Å². The summed E-state index contributed by atoms with van der Waals surface area (Å²) >= 11 is 13.2. The number of hydrogen-bond acceptors (Lipinski definition) is 2. The summed E-state index contributed by atoms with van der Waals surface area (Å²) in [7, 11) is 0. The molecule has 4 heteroatoms. The van der Waals surface area contributed by atoms with Crippen molar-refractivity contribution in [3.63, 3.8) is 0 Å². The lowest BCUT2D eigenvalue weighted by Gasteiger charge is -2.05. The van der Waals surface area contributed by atoms with Gasteiger partial charge in [-0.15, -0.1) is 0 Å². The maximum atomic E-state index is 12.1. The van der Waals surface area contributed by atoms with E-state index in [9.17, 15) is 4.79 Å². The Labute approximate surface area is 120 Å². The smallest absolute Gasteiger partial charge is 0.222 e. The molecule has 0 fully saturated rings. The monoisotopic (exact) mass is 296 g/mol. The van der Waals surface area contributed by atoms with Crippen LogP contribution in [0.25, 0.3) is 0 Å². The SMILES string of the molecule is O=C(SCc1ccccc1)c1c(Cl)cccc1Cl. The van der Waals surface area contributed by atoms with E-state index >= 15 is 0 Å². The first-order valence-electron chi connectivity index (χ1n) is 5.33. The van der Waals surface area contributed by atoms with E-state index in [1.54, 1.807) is 18.2 Å². The van der Waals surface area contributed by atoms with Crippen molar-refractivity contribution in [3.05, 3.63) is 69.7 Å². The van der Waals surface area contributed by atoms with Gasteiger partial charge in [-0.2, -0.15) is 0 Å². The summed E-state index contributed by atoms with van der Waals surface area (Å²) in [6.45, 7) is 0. The molecule has 2 aromatic carbocycles. The van der Waals surface area contributed by atoms with Crippen molar-refractivity contribution in [2.24, 2.45) is 0 Å². The fourth-order valence-electron chi connectivity index (χ4n) is 1.49. The van der Waals surface area contributed by atoms with Crippen molar-refractivity contribution in [1.82, 2.24) is 0 Å². The lowest BCUT2D eigenvalue weighted by Crippen LogP contribution is -1.97. The standard InChI is InChI=1S/C14H10Cl2OS/c15-11-7-4-8-12(16)13(11)14(17)18-9-10-5-2-1-3-6-10/h1-8H,9H2. The van der Waals surface area contributed by atoms with Crippen LogP contribution in [0.1, 0.15) is 15.9 Å². The van der Waals surface area contributed by atoms with Crippen molar-refractivity contribution < 1.29 is 4.79 Å². The largest absolute Gasteiger partial charge is 0.281 e. The van der Waals surface area contributed by atoms with E-state index in [1.165, 1.54) is 11.8 Å². The van der Waals surface area contributed by atoms with Gasteiger partial charge in [0.2, 0.25) is 5.12 Å². The Hall–Kier alpha value is -0.960. The molecule has 0 aromatic heterocycles. The van der Waals surface area contributed by atoms with Crippen LogP contribution in [-0.2, 0) is 5.75 Å². The van der Waals surface area contributed by atoms with Gasteiger partial charge in [0.1, 0.15) is 0 Å². The van der Waals surface area contributed by atoms with Gasteiger partial charge >= 0.3 is 0 Å². The fourth-order valence-corrected chi connectivity index (χ4v) is 3.02. The number of carbonyl (C=O) groups is 1. The molecule has 0 atom stereocenters. The van der Waals surface area contributed by atoms with E-state index in [-0.39, 0.29) is 5.12 Å². The van der Waals surface area contributed by atoms with E-state index in [1.807, 2.05) is 30.3 Å². The van der Waals surface area contributed by atoms with Crippen LogP contribution in [0, 0.1) is 0 Å². The summed E-state index contributed by atoms with van der Waals surface area (Å²) < 4.78 is 0. The number of rotatable bonds is 3. The summed E-state index contributed by atoms with van der Waals surface area (Å²) in [5, 5.41) is 0.690. The molecule has 0 aliphatic rings. The van der Waals surface area contributed by atoms with Crippen molar-refractivity contribution >= 4 is 40.1 Å². The van der Waals surface area contributed by atoms with Gasteiger partial charge in [0.05, 0.1) is 15.6 Å². The van der Waals surface area contributed by atoms with Gasteiger partial charge in [-0.1, -0.05) is 71.4 Å². The Morgan fingerprint density at radius 2 is 1.56 bits per heavy atom. The summed E-state index contributed by atoms with van der Waals surface area (Å²) in [5.41, 5.74) is 1.49. The molecule has 0 amide bonds. The molecular formula is C14H10Cl2OS. The fraction of sp³-hybridized carbons (Fsp3) is 0.0714. The van der Waals surface area contributed by atoms with E-state index in [0.717, 1.165) is 5.56 Å². The van der Waals surface area contributed by atoms with Gasteiger partial charge < -0.3 is 0 Å². The van der Waals surface area contributed by atoms with Crippen molar-refractivity contribution in [2.75, 3.05) is 0 Å². The zero-order valence-electron chi connectivity index (χ0n) is 9.40. The second kappa shape index (κ2) is 6.28. The molecule has 18 heavy (non-hydrogen) atoms. The summed E-state index contributed by atoms with van der Waals surface area (Å²) in [4.78, 5) is 12.1. The molecule has 0 heterocycles. The van der Waals surface area contributed by atoms with Crippen molar-refractivity contribution in [1.29, 1.82) is 0 Å². The van der Waals surface area contributed by atoms with Gasteiger partial charge in [0.25, 0.3) is 0 Å². The second-order valence-corrected chi connectivity index (χ2v) is 5.42. The molecule has 0 saturated carbocycles. The van der Waals surface area contributed by atoms with Gasteiger partial charge in [-0.25, -0.2) is 0 Å². The Morgan fingerprint density at radius 1 is 0.944 bits per heavy atom. The zero-order valence-corrected chi connectivity index (χ0v) is 11.7. The average Bonchev–Trinajstić information content (AvgIpc) is 2.37. The highest BCUT2D eigenvalue weighted by Crippen LogP contribution is 2.29.